The first-order chi connectivity index (χ1) is 13.2. The van der Waals surface area contributed by atoms with Crippen molar-refractivity contribution in [3.63, 3.8) is 0 Å². The molecule has 1 aromatic rings. The van der Waals surface area contributed by atoms with Crippen molar-refractivity contribution in [3.8, 4) is 5.75 Å². The van der Waals surface area contributed by atoms with E-state index in [4.69, 9.17) is 9.47 Å². The monoisotopic (exact) mass is 445 g/mol. The summed E-state index contributed by atoms with van der Waals surface area (Å²) in [6.07, 6.45) is 4.32. The Morgan fingerprint density at radius 3 is 2.62 bits per heavy atom. The number of para-hydroxylation sites is 1. The molecule has 0 aromatic heterocycles. The second-order valence-electron chi connectivity index (χ2n) is 8.15. The SMILES string of the molecule is Cl.Cl.O=C1OC2(CCN(CC3CCCNC3)CC2)CN1CCOc1ccccc1. The minimum absolute atomic E-state index is 0. The molecule has 1 N–H and O–H groups in total. The summed E-state index contributed by atoms with van der Waals surface area (Å²) in [5.74, 6) is 1.61. The quantitative estimate of drug-likeness (QED) is 0.728. The number of hydrogen-bond acceptors (Lipinski definition) is 5. The molecule has 3 heterocycles. The highest BCUT2D eigenvalue weighted by atomic mass is 35.5. The molecule has 164 valence electrons. The van der Waals surface area contributed by atoms with E-state index < -0.39 is 0 Å². The third-order valence-corrected chi connectivity index (χ3v) is 6.10. The van der Waals surface area contributed by atoms with Crippen molar-refractivity contribution in [2.75, 3.05) is 52.4 Å². The van der Waals surface area contributed by atoms with Crippen LogP contribution in [-0.4, -0.2) is 73.9 Å². The normalized spacial score (nSPS) is 23.8. The summed E-state index contributed by atoms with van der Waals surface area (Å²) in [7, 11) is 0. The number of nitrogens with one attached hydrogen (secondary N) is 1. The minimum atomic E-state index is -0.287. The summed E-state index contributed by atoms with van der Waals surface area (Å²) >= 11 is 0. The lowest BCUT2D eigenvalue weighted by atomic mass is 9.90. The van der Waals surface area contributed by atoms with Crippen molar-refractivity contribution >= 4 is 30.9 Å². The Labute approximate surface area is 186 Å². The average Bonchev–Trinajstić information content (AvgIpc) is 3.01. The molecule has 3 aliphatic heterocycles. The zero-order valence-electron chi connectivity index (χ0n) is 16.9. The smallest absolute Gasteiger partial charge is 0.410 e. The lowest BCUT2D eigenvalue weighted by molar-refractivity contribution is -0.00339. The van der Waals surface area contributed by atoms with E-state index in [1.807, 2.05) is 35.2 Å². The second kappa shape index (κ2) is 11.3. The van der Waals surface area contributed by atoms with Gasteiger partial charge in [0.15, 0.2) is 0 Å². The highest BCUT2D eigenvalue weighted by molar-refractivity contribution is 5.85. The van der Waals surface area contributed by atoms with E-state index in [1.165, 1.54) is 25.9 Å². The van der Waals surface area contributed by atoms with Gasteiger partial charge in [-0.25, -0.2) is 4.79 Å². The van der Waals surface area contributed by atoms with Gasteiger partial charge in [0.05, 0.1) is 13.1 Å². The summed E-state index contributed by atoms with van der Waals surface area (Å²) in [6.45, 7) is 7.30. The van der Waals surface area contributed by atoms with Gasteiger partial charge in [0.1, 0.15) is 18.0 Å². The van der Waals surface area contributed by atoms with Gasteiger partial charge in [-0.05, 0) is 44.0 Å². The van der Waals surface area contributed by atoms with Gasteiger partial charge in [0.2, 0.25) is 0 Å². The predicted molar refractivity (Wildman–Crippen MR) is 118 cm³/mol. The van der Waals surface area contributed by atoms with E-state index in [0.717, 1.165) is 44.1 Å². The zero-order valence-corrected chi connectivity index (χ0v) is 18.5. The Balaban J connectivity index is 0.00000150. The number of halogens is 2. The molecule has 3 fully saturated rings. The standard InChI is InChI=1S/C21H31N3O3.2ClH/c25-20-24(13-14-26-19-6-2-1-3-7-19)17-21(27-20)8-11-23(12-9-21)16-18-5-4-10-22-15-18;;/h1-3,6-7,18,22H,4-5,8-17H2;2*1H. The molecule has 3 aliphatic rings. The molecule has 0 bridgehead atoms. The highest BCUT2D eigenvalue weighted by Crippen LogP contribution is 2.33. The van der Waals surface area contributed by atoms with Crippen molar-refractivity contribution in [1.82, 2.24) is 15.1 Å². The van der Waals surface area contributed by atoms with Crippen molar-refractivity contribution in [3.05, 3.63) is 30.3 Å². The van der Waals surface area contributed by atoms with Gasteiger partial charge < -0.3 is 24.6 Å². The number of carbonyl (C=O) groups excluding carboxylic acids is 1. The van der Waals surface area contributed by atoms with Crippen LogP contribution in [-0.2, 0) is 4.74 Å². The largest absolute Gasteiger partial charge is 0.492 e. The van der Waals surface area contributed by atoms with Crippen molar-refractivity contribution < 1.29 is 14.3 Å². The van der Waals surface area contributed by atoms with Crippen LogP contribution in [0, 0.1) is 5.92 Å². The number of nitrogens with zero attached hydrogens (tertiary/aromatic N) is 2. The number of benzene rings is 1. The maximum absolute atomic E-state index is 12.3. The topological polar surface area (TPSA) is 54.0 Å². The number of amides is 1. The van der Waals surface area contributed by atoms with Crippen molar-refractivity contribution in [1.29, 1.82) is 0 Å². The Morgan fingerprint density at radius 2 is 1.93 bits per heavy atom. The molecule has 0 saturated carbocycles. The van der Waals surface area contributed by atoms with Gasteiger partial charge >= 0.3 is 6.09 Å². The first kappa shape index (κ1) is 24.1. The first-order valence-electron chi connectivity index (χ1n) is 10.3. The van der Waals surface area contributed by atoms with Crippen LogP contribution in [0.1, 0.15) is 25.7 Å². The number of rotatable bonds is 6. The van der Waals surface area contributed by atoms with Crippen molar-refractivity contribution in [2.24, 2.45) is 5.92 Å². The minimum Gasteiger partial charge on any atom is -0.492 e. The summed E-state index contributed by atoms with van der Waals surface area (Å²) in [5.41, 5.74) is -0.287. The van der Waals surface area contributed by atoms with Crippen LogP contribution >= 0.6 is 24.8 Å². The van der Waals surface area contributed by atoms with Crippen LogP contribution in [0.3, 0.4) is 0 Å². The molecule has 1 unspecified atom stereocenters. The number of ether oxygens (including phenoxy) is 2. The molecule has 0 aliphatic carbocycles. The molecular formula is C21H33Cl2N3O3. The molecule has 6 nitrogen and oxygen atoms in total. The molecule has 3 saturated heterocycles. The molecule has 1 spiro atoms. The van der Waals surface area contributed by atoms with Gasteiger partial charge in [-0.1, -0.05) is 18.2 Å². The third kappa shape index (κ3) is 6.38. The van der Waals surface area contributed by atoms with E-state index >= 15 is 0 Å². The summed E-state index contributed by atoms with van der Waals surface area (Å²) < 4.78 is 11.6. The molecule has 1 atom stereocenters. The molecule has 1 amide bonds. The van der Waals surface area contributed by atoms with E-state index in [0.29, 0.717) is 19.7 Å². The molecule has 1 aromatic carbocycles. The maximum atomic E-state index is 12.3. The van der Waals surface area contributed by atoms with Crippen molar-refractivity contribution in [2.45, 2.75) is 31.3 Å². The Hall–Kier alpha value is -1.21. The van der Waals surface area contributed by atoms with Crippen LogP contribution in [0.5, 0.6) is 5.75 Å². The zero-order chi connectivity index (χ0) is 18.5. The van der Waals surface area contributed by atoms with Gasteiger partial charge in [-0.15, -0.1) is 24.8 Å². The fourth-order valence-electron chi connectivity index (χ4n) is 4.50. The van der Waals surface area contributed by atoms with E-state index in [-0.39, 0.29) is 36.5 Å². The van der Waals surface area contributed by atoms with Crippen LogP contribution < -0.4 is 10.1 Å². The number of piperidine rings is 2. The van der Waals surface area contributed by atoms with Crippen LogP contribution in [0.15, 0.2) is 30.3 Å². The van der Waals surface area contributed by atoms with Crippen LogP contribution in [0.25, 0.3) is 0 Å². The Bertz CT molecular complexity index is 621. The van der Waals surface area contributed by atoms with E-state index in [9.17, 15) is 4.79 Å². The number of likely N-dealkylation sites (tertiary alicyclic amines) is 1. The number of hydrogen-bond donors (Lipinski definition) is 1. The molecular weight excluding hydrogens is 413 g/mol. The van der Waals surface area contributed by atoms with Gasteiger partial charge in [0, 0.05) is 32.5 Å². The third-order valence-electron chi connectivity index (χ3n) is 6.10. The molecule has 4 rings (SSSR count). The predicted octanol–water partition coefficient (Wildman–Crippen LogP) is 3.20. The molecule has 0 radical (unpaired) electrons. The summed E-state index contributed by atoms with van der Waals surface area (Å²) in [4.78, 5) is 16.7. The average molecular weight is 446 g/mol. The Kier molecular flexibility index (Phi) is 9.34. The van der Waals surface area contributed by atoms with Gasteiger partial charge in [-0.2, -0.15) is 0 Å². The maximum Gasteiger partial charge on any atom is 0.410 e. The fraction of sp³-hybridized carbons (Fsp3) is 0.667. The van der Waals surface area contributed by atoms with Gasteiger partial charge in [0.25, 0.3) is 0 Å². The lowest BCUT2D eigenvalue weighted by Crippen LogP contribution is -2.49. The molecule has 29 heavy (non-hydrogen) atoms. The van der Waals surface area contributed by atoms with Crippen LogP contribution in [0.2, 0.25) is 0 Å². The molecule has 8 heteroatoms. The Morgan fingerprint density at radius 1 is 1.17 bits per heavy atom. The van der Waals surface area contributed by atoms with Crippen LogP contribution in [0.4, 0.5) is 4.79 Å². The highest BCUT2D eigenvalue weighted by Gasteiger charge is 2.46. The summed E-state index contributed by atoms with van der Waals surface area (Å²) in [5, 5.41) is 3.50. The number of carbonyl (C=O) groups is 1. The van der Waals surface area contributed by atoms with Gasteiger partial charge in [-0.3, -0.25) is 0 Å². The lowest BCUT2D eigenvalue weighted by Gasteiger charge is -2.39. The van der Waals surface area contributed by atoms with E-state index in [2.05, 4.69) is 10.2 Å². The van der Waals surface area contributed by atoms with E-state index in [1.54, 1.807) is 0 Å². The summed E-state index contributed by atoms with van der Waals surface area (Å²) in [6, 6.07) is 9.73. The second-order valence-corrected chi connectivity index (χ2v) is 8.15. The fourth-order valence-corrected chi connectivity index (χ4v) is 4.50. The first-order valence-corrected chi connectivity index (χ1v) is 10.3.